The number of amides is 1. The molecule has 7 heteroatoms. The van der Waals surface area contributed by atoms with Gasteiger partial charge in [0.25, 0.3) is 0 Å². The summed E-state index contributed by atoms with van der Waals surface area (Å²) in [5.74, 6) is 0.583. The van der Waals surface area contributed by atoms with Crippen molar-refractivity contribution in [3.8, 4) is 17.2 Å². The number of para-hydroxylation sites is 1. The molecule has 0 radical (unpaired) electrons. The lowest BCUT2D eigenvalue weighted by Gasteiger charge is -2.26. The lowest BCUT2D eigenvalue weighted by molar-refractivity contribution is -0.118. The molecule has 1 aliphatic rings. The number of methoxy groups -OCH3 is 1. The lowest BCUT2D eigenvalue weighted by atomic mass is 9.94. The minimum absolute atomic E-state index is 0.0644. The van der Waals surface area contributed by atoms with E-state index in [1.165, 1.54) is 7.11 Å². The van der Waals surface area contributed by atoms with Crippen LogP contribution >= 0.6 is 0 Å². The van der Waals surface area contributed by atoms with E-state index in [4.69, 9.17) is 14.2 Å². The molecule has 0 bridgehead atoms. The summed E-state index contributed by atoms with van der Waals surface area (Å²) in [6.45, 7) is 2.48. The normalized spacial score (nSPS) is 17.2. The molecule has 7 nitrogen and oxygen atoms in total. The van der Waals surface area contributed by atoms with Crippen LogP contribution in [0.15, 0.2) is 47.6 Å². The summed E-state index contributed by atoms with van der Waals surface area (Å²) < 4.78 is 16.3. The van der Waals surface area contributed by atoms with Gasteiger partial charge in [0.15, 0.2) is 11.5 Å². The summed E-state index contributed by atoms with van der Waals surface area (Å²) in [6.07, 6.45) is 0.342. The van der Waals surface area contributed by atoms with Crippen molar-refractivity contribution in [2.75, 3.05) is 19.0 Å². The Bertz CT molecular complexity index is 817. The molecule has 2 N–H and O–H groups in total. The number of anilines is 1. The third kappa shape index (κ3) is 3.56. The van der Waals surface area contributed by atoms with E-state index in [0.717, 1.165) is 11.3 Å². The van der Waals surface area contributed by atoms with Crippen LogP contribution < -0.4 is 19.5 Å². The number of hydrogen-bond acceptors (Lipinski definition) is 6. The van der Waals surface area contributed by atoms with Crippen molar-refractivity contribution in [2.24, 2.45) is 11.1 Å². The largest absolute Gasteiger partial charge is 0.494 e. The first kappa shape index (κ1) is 17.6. The molecule has 2 aromatic rings. The van der Waals surface area contributed by atoms with Crippen LogP contribution in [-0.4, -0.2) is 30.7 Å². The molecule has 1 aliphatic heterocycles. The Morgan fingerprint density at radius 3 is 2.73 bits per heavy atom. The quantitative estimate of drug-likeness (QED) is 0.635. The first-order valence-corrected chi connectivity index (χ1v) is 8.25. The Hall–Kier alpha value is -3.22. The maximum Gasteiger partial charge on any atom is 0.244 e. The molecule has 0 saturated heterocycles. The number of hydrogen-bond donors (Lipinski definition) is 2. The van der Waals surface area contributed by atoms with E-state index in [1.54, 1.807) is 30.3 Å². The first-order valence-electron chi connectivity index (χ1n) is 8.25. The molecule has 1 atom stereocenters. The maximum atomic E-state index is 12.7. The van der Waals surface area contributed by atoms with Gasteiger partial charge in [-0.25, -0.2) is 0 Å². The lowest BCUT2D eigenvalue weighted by Crippen LogP contribution is -2.37. The van der Waals surface area contributed by atoms with Crippen LogP contribution in [0.5, 0.6) is 17.2 Å². The molecule has 0 saturated carbocycles. The zero-order valence-corrected chi connectivity index (χ0v) is 14.6. The molecule has 3 rings (SSSR count). The van der Waals surface area contributed by atoms with Crippen molar-refractivity contribution in [1.82, 2.24) is 0 Å². The number of nitrogens with zero attached hydrogens (tertiary/aromatic N) is 1. The van der Waals surface area contributed by atoms with Gasteiger partial charge in [-0.2, -0.15) is 0 Å². The fourth-order valence-corrected chi connectivity index (χ4v) is 2.81. The minimum Gasteiger partial charge on any atom is -0.494 e. The van der Waals surface area contributed by atoms with Crippen molar-refractivity contribution in [1.29, 1.82) is 0 Å². The van der Waals surface area contributed by atoms with E-state index in [2.05, 4.69) is 10.5 Å². The molecule has 26 heavy (non-hydrogen) atoms. The van der Waals surface area contributed by atoms with Crippen LogP contribution in [0, 0.1) is 5.92 Å². The van der Waals surface area contributed by atoms with Crippen LogP contribution in [0.2, 0.25) is 0 Å². The van der Waals surface area contributed by atoms with Crippen molar-refractivity contribution in [3.63, 3.8) is 0 Å². The van der Waals surface area contributed by atoms with Gasteiger partial charge in [0, 0.05) is 11.3 Å². The Balaban J connectivity index is 1.78. The molecule has 0 fully saturated rings. The average molecular weight is 356 g/mol. The number of carbonyl (C=O) groups excluding carboxylic acids is 1. The summed E-state index contributed by atoms with van der Waals surface area (Å²) in [4.78, 5) is 12.7. The third-order valence-corrected chi connectivity index (χ3v) is 4.06. The van der Waals surface area contributed by atoms with Gasteiger partial charge in [0.05, 0.1) is 13.7 Å². The molecule has 0 aliphatic carbocycles. The maximum absolute atomic E-state index is 12.7. The van der Waals surface area contributed by atoms with Crippen LogP contribution in [0.25, 0.3) is 0 Å². The standard InChI is InChI=1S/C19H20N2O5/c1-3-25-14-9-7-13(8-10-14)20-18(22)15-11-12-5-4-6-16(24-2)17(12)26-19(15)21-23/h4-10,15,23H,3,11H2,1-2H3,(H,20,22)/b21-19-. The van der Waals surface area contributed by atoms with Gasteiger partial charge in [-0.15, -0.1) is 0 Å². The molecule has 136 valence electrons. The van der Waals surface area contributed by atoms with Crippen molar-refractivity contribution >= 4 is 17.5 Å². The number of fused-ring (bicyclic) bond motifs is 1. The second-order valence-electron chi connectivity index (χ2n) is 5.69. The summed E-state index contributed by atoms with van der Waals surface area (Å²) in [5.41, 5.74) is 1.43. The van der Waals surface area contributed by atoms with E-state index in [9.17, 15) is 10.0 Å². The molecular weight excluding hydrogens is 336 g/mol. The van der Waals surface area contributed by atoms with E-state index < -0.39 is 5.92 Å². The predicted octanol–water partition coefficient (Wildman–Crippen LogP) is 3.07. The first-order chi connectivity index (χ1) is 12.7. The molecule has 1 amide bonds. The molecular formula is C19H20N2O5. The topological polar surface area (TPSA) is 89.4 Å². The number of ether oxygens (including phenoxy) is 3. The van der Waals surface area contributed by atoms with Crippen molar-refractivity contribution in [2.45, 2.75) is 13.3 Å². The highest BCUT2D eigenvalue weighted by molar-refractivity contribution is 6.08. The number of rotatable bonds is 5. The number of carbonyl (C=O) groups is 1. The third-order valence-electron chi connectivity index (χ3n) is 4.06. The van der Waals surface area contributed by atoms with Crippen molar-refractivity contribution in [3.05, 3.63) is 48.0 Å². The van der Waals surface area contributed by atoms with Crippen molar-refractivity contribution < 1.29 is 24.2 Å². The molecule has 1 heterocycles. The van der Waals surface area contributed by atoms with E-state index in [-0.39, 0.29) is 11.8 Å². The minimum atomic E-state index is -0.744. The van der Waals surface area contributed by atoms with Gasteiger partial charge in [0.1, 0.15) is 11.7 Å². The summed E-state index contributed by atoms with van der Waals surface area (Å²) in [5, 5.41) is 15.3. The molecule has 0 aromatic heterocycles. The summed E-state index contributed by atoms with van der Waals surface area (Å²) >= 11 is 0. The zero-order valence-electron chi connectivity index (χ0n) is 14.6. The predicted molar refractivity (Wildman–Crippen MR) is 96.3 cm³/mol. The Morgan fingerprint density at radius 1 is 1.31 bits per heavy atom. The van der Waals surface area contributed by atoms with Crippen LogP contribution in [-0.2, 0) is 11.2 Å². The van der Waals surface area contributed by atoms with Crippen LogP contribution in [0.1, 0.15) is 12.5 Å². The van der Waals surface area contributed by atoms with Gasteiger partial charge < -0.3 is 24.7 Å². The van der Waals surface area contributed by atoms with Crippen LogP contribution in [0.3, 0.4) is 0 Å². The van der Waals surface area contributed by atoms with E-state index >= 15 is 0 Å². The summed E-state index contributed by atoms with van der Waals surface area (Å²) in [7, 11) is 1.53. The second-order valence-corrected chi connectivity index (χ2v) is 5.69. The van der Waals surface area contributed by atoms with Crippen LogP contribution in [0.4, 0.5) is 5.69 Å². The van der Waals surface area contributed by atoms with Gasteiger partial charge in [0.2, 0.25) is 11.8 Å². The van der Waals surface area contributed by atoms with E-state index in [1.807, 2.05) is 19.1 Å². The van der Waals surface area contributed by atoms with Gasteiger partial charge in [-0.1, -0.05) is 17.3 Å². The fourth-order valence-electron chi connectivity index (χ4n) is 2.81. The second kappa shape index (κ2) is 7.77. The van der Waals surface area contributed by atoms with Gasteiger partial charge in [-0.3, -0.25) is 4.79 Å². The number of nitrogens with one attached hydrogen (secondary N) is 1. The molecule has 0 spiro atoms. The Morgan fingerprint density at radius 2 is 2.08 bits per heavy atom. The number of oxime groups is 1. The smallest absolute Gasteiger partial charge is 0.244 e. The number of benzene rings is 2. The Kier molecular flexibility index (Phi) is 5.26. The molecule has 1 unspecified atom stereocenters. The monoisotopic (exact) mass is 356 g/mol. The van der Waals surface area contributed by atoms with E-state index in [0.29, 0.717) is 30.2 Å². The Labute approximate surface area is 151 Å². The average Bonchev–Trinajstić information content (AvgIpc) is 2.68. The fraction of sp³-hybridized carbons (Fsp3) is 0.263. The highest BCUT2D eigenvalue weighted by Gasteiger charge is 2.34. The highest BCUT2D eigenvalue weighted by atomic mass is 16.5. The zero-order chi connectivity index (χ0) is 18.5. The van der Waals surface area contributed by atoms with Gasteiger partial charge >= 0.3 is 0 Å². The van der Waals surface area contributed by atoms with Gasteiger partial charge in [-0.05, 0) is 43.7 Å². The molecule has 2 aromatic carbocycles. The highest BCUT2D eigenvalue weighted by Crippen LogP contribution is 2.37. The SMILES string of the molecule is CCOc1ccc(NC(=O)C2Cc3cccc(OC)c3O/C2=N\O)cc1. The summed E-state index contributed by atoms with van der Waals surface area (Å²) in [6, 6.07) is 12.5.